The van der Waals surface area contributed by atoms with Gasteiger partial charge in [0.25, 0.3) is 5.91 Å². The minimum absolute atomic E-state index is 0.149. The summed E-state index contributed by atoms with van der Waals surface area (Å²) in [5.74, 6) is 1.21. The third kappa shape index (κ3) is 5.13. The first-order valence-corrected chi connectivity index (χ1v) is 9.23. The predicted octanol–water partition coefficient (Wildman–Crippen LogP) is 3.19. The van der Waals surface area contributed by atoms with Crippen molar-refractivity contribution in [1.82, 2.24) is 5.32 Å². The Morgan fingerprint density at radius 1 is 1.19 bits per heavy atom. The molecule has 1 fully saturated rings. The second-order valence-corrected chi connectivity index (χ2v) is 6.82. The van der Waals surface area contributed by atoms with Crippen LogP contribution in [-0.2, 0) is 9.53 Å². The highest BCUT2D eigenvalue weighted by Crippen LogP contribution is 2.30. The SMILES string of the molecule is CCOc1cc(C(=O)OCC(=O)N[C@H]2CCC[C@@H](C)[C@@H]2C)ccc1OC. The molecule has 1 aromatic carbocycles. The van der Waals surface area contributed by atoms with Gasteiger partial charge in [0.05, 0.1) is 19.3 Å². The van der Waals surface area contributed by atoms with Gasteiger partial charge in [-0.2, -0.15) is 0 Å². The highest BCUT2D eigenvalue weighted by Gasteiger charge is 2.28. The summed E-state index contributed by atoms with van der Waals surface area (Å²) in [6.45, 7) is 6.39. The maximum absolute atomic E-state index is 12.2. The number of ether oxygens (including phenoxy) is 3. The number of hydrogen-bond donors (Lipinski definition) is 1. The van der Waals surface area contributed by atoms with Gasteiger partial charge in [-0.1, -0.05) is 26.7 Å². The van der Waals surface area contributed by atoms with Crippen LogP contribution in [0, 0.1) is 11.8 Å². The smallest absolute Gasteiger partial charge is 0.338 e. The van der Waals surface area contributed by atoms with Crippen molar-refractivity contribution in [2.75, 3.05) is 20.3 Å². The van der Waals surface area contributed by atoms with Crippen molar-refractivity contribution in [3.05, 3.63) is 23.8 Å². The Bertz CT molecular complexity index is 631. The van der Waals surface area contributed by atoms with Gasteiger partial charge >= 0.3 is 5.97 Å². The molecule has 0 spiro atoms. The lowest BCUT2D eigenvalue weighted by Gasteiger charge is -2.34. The van der Waals surface area contributed by atoms with Crippen LogP contribution in [0.5, 0.6) is 11.5 Å². The van der Waals surface area contributed by atoms with E-state index in [1.807, 2.05) is 6.92 Å². The molecule has 1 aliphatic carbocycles. The van der Waals surface area contributed by atoms with Crippen LogP contribution in [0.4, 0.5) is 0 Å². The molecule has 1 saturated carbocycles. The van der Waals surface area contributed by atoms with Crippen LogP contribution < -0.4 is 14.8 Å². The normalized spacial score (nSPS) is 22.4. The lowest BCUT2D eigenvalue weighted by molar-refractivity contribution is -0.125. The van der Waals surface area contributed by atoms with Crippen molar-refractivity contribution in [3.63, 3.8) is 0 Å². The minimum Gasteiger partial charge on any atom is -0.493 e. The summed E-state index contributed by atoms with van der Waals surface area (Å²) in [6.07, 6.45) is 3.28. The summed E-state index contributed by atoms with van der Waals surface area (Å²) in [7, 11) is 1.54. The third-order valence-electron chi connectivity index (χ3n) is 5.09. The fraction of sp³-hybridized carbons (Fsp3) is 0.600. The molecule has 26 heavy (non-hydrogen) atoms. The van der Waals surface area contributed by atoms with Crippen molar-refractivity contribution in [2.45, 2.75) is 46.1 Å². The van der Waals surface area contributed by atoms with Crippen molar-refractivity contribution in [2.24, 2.45) is 11.8 Å². The van der Waals surface area contributed by atoms with Gasteiger partial charge in [0, 0.05) is 6.04 Å². The molecule has 1 aliphatic rings. The van der Waals surface area contributed by atoms with E-state index in [2.05, 4.69) is 19.2 Å². The van der Waals surface area contributed by atoms with Gasteiger partial charge in [0.15, 0.2) is 18.1 Å². The highest BCUT2D eigenvalue weighted by atomic mass is 16.5. The van der Waals surface area contributed by atoms with E-state index in [1.54, 1.807) is 18.2 Å². The molecular weight excluding hydrogens is 334 g/mol. The molecule has 0 aromatic heterocycles. The Hall–Kier alpha value is -2.24. The fourth-order valence-corrected chi connectivity index (χ4v) is 3.32. The fourth-order valence-electron chi connectivity index (χ4n) is 3.32. The van der Waals surface area contributed by atoms with E-state index in [0.29, 0.717) is 35.5 Å². The predicted molar refractivity (Wildman–Crippen MR) is 98.6 cm³/mol. The van der Waals surface area contributed by atoms with Crippen LogP contribution in [0.1, 0.15) is 50.4 Å². The second-order valence-electron chi connectivity index (χ2n) is 6.82. The zero-order chi connectivity index (χ0) is 19.1. The third-order valence-corrected chi connectivity index (χ3v) is 5.09. The van der Waals surface area contributed by atoms with Gasteiger partial charge in [0.1, 0.15) is 0 Å². The standard InChI is InChI=1S/C20H29NO5/c1-5-25-18-11-15(9-10-17(18)24-4)20(23)26-12-19(22)21-16-8-6-7-13(2)14(16)3/h9-11,13-14,16H,5-8,12H2,1-4H3,(H,21,22)/t13-,14+,16+/m1/s1. The Labute approximate surface area is 155 Å². The summed E-state index contributed by atoms with van der Waals surface area (Å²) < 4.78 is 15.8. The minimum atomic E-state index is -0.561. The molecule has 0 bridgehead atoms. The lowest BCUT2D eigenvalue weighted by Crippen LogP contribution is -2.45. The maximum atomic E-state index is 12.2. The maximum Gasteiger partial charge on any atom is 0.338 e. The molecule has 1 N–H and O–H groups in total. The number of nitrogens with one attached hydrogen (secondary N) is 1. The summed E-state index contributed by atoms with van der Waals surface area (Å²) in [5, 5.41) is 2.99. The van der Waals surface area contributed by atoms with Crippen molar-refractivity contribution in [1.29, 1.82) is 0 Å². The van der Waals surface area contributed by atoms with Crippen LogP contribution in [0.3, 0.4) is 0 Å². The van der Waals surface area contributed by atoms with E-state index >= 15 is 0 Å². The monoisotopic (exact) mass is 363 g/mol. The molecule has 3 atom stereocenters. The van der Waals surface area contributed by atoms with Crippen molar-refractivity contribution >= 4 is 11.9 Å². The molecule has 1 aromatic rings. The number of esters is 1. The average Bonchev–Trinajstić information content (AvgIpc) is 2.63. The van der Waals surface area contributed by atoms with Gasteiger partial charge < -0.3 is 19.5 Å². The van der Waals surface area contributed by atoms with Crippen LogP contribution in [0.25, 0.3) is 0 Å². The van der Waals surface area contributed by atoms with Gasteiger partial charge in [-0.05, 0) is 43.4 Å². The Balaban J connectivity index is 1.89. The number of amides is 1. The molecule has 0 saturated heterocycles. The van der Waals surface area contributed by atoms with E-state index in [0.717, 1.165) is 12.8 Å². The van der Waals surface area contributed by atoms with E-state index < -0.39 is 5.97 Å². The number of hydrogen-bond acceptors (Lipinski definition) is 5. The molecule has 144 valence electrons. The summed E-state index contributed by atoms with van der Waals surface area (Å²) in [4.78, 5) is 24.4. The van der Waals surface area contributed by atoms with Crippen molar-refractivity contribution in [3.8, 4) is 11.5 Å². The first-order valence-electron chi connectivity index (χ1n) is 9.23. The first-order chi connectivity index (χ1) is 12.5. The lowest BCUT2D eigenvalue weighted by atomic mass is 9.78. The average molecular weight is 363 g/mol. The summed E-state index contributed by atoms with van der Waals surface area (Å²) in [5.41, 5.74) is 0.321. The molecule has 6 nitrogen and oxygen atoms in total. The van der Waals surface area contributed by atoms with Gasteiger partial charge in [-0.25, -0.2) is 4.79 Å². The zero-order valence-electron chi connectivity index (χ0n) is 16.0. The number of carbonyl (C=O) groups is 2. The first kappa shape index (κ1) is 20.1. The number of methoxy groups -OCH3 is 1. The highest BCUT2D eigenvalue weighted by molar-refractivity contribution is 5.92. The van der Waals surface area contributed by atoms with Crippen LogP contribution in [0.2, 0.25) is 0 Å². The summed E-state index contributed by atoms with van der Waals surface area (Å²) >= 11 is 0. The summed E-state index contributed by atoms with van der Waals surface area (Å²) in [6, 6.07) is 4.95. The number of benzene rings is 1. The van der Waals surface area contributed by atoms with E-state index in [9.17, 15) is 9.59 Å². The molecule has 6 heteroatoms. The zero-order valence-corrected chi connectivity index (χ0v) is 16.0. The van der Waals surface area contributed by atoms with E-state index in [-0.39, 0.29) is 18.6 Å². The number of rotatable bonds is 7. The van der Waals surface area contributed by atoms with Crippen molar-refractivity contribution < 1.29 is 23.8 Å². The molecule has 1 amide bonds. The molecule has 0 radical (unpaired) electrons. The topological polar surface area (TPSA) is 73.9 Å². The molecule has 0 heterocycles. The largest absolute Gasteiger partial charge is 0.493 e. The van der Waals surface area contributed by atoms with E-state index in [4.69, 9.17) is 14.2 Å². The van der Waals surface area contributed by atoms with Crippen LogP contribution in [0.15, 0.2) is 18.2 Å². The Kier molecular flexibility index (Phi) is 7.30. The molecule has 0 aliphatic heterocycles. The van der Waals surface area contributed by atoms with E-state index in [1.165, 1.54) is 13.5 Å². The van der Waals surface area contributed by atoms with Gasteiger partial charge in [-0.15, -0.1) is 0 Å². The molecular formula is C20H29NO5. The molecule has 2 rings (SSSR count). The molecule has 0 unspecified atom stereocenters. The van der Waals surface area contributed by atoms with Gasteiger partial charge in [0.2, 0.25) is 0 Å². The van der Waals surface area contributed by atoms with Crippen LogP contribution in [-0.4, -0.2) is 38.2 Å². The second kappa shape index (κ2) is 9.46. The Morgan fingerprint density at radius 2 is 1.96 bits per heavy atom. The number of carbonyl (C=O) groups excluding carboxylic acids is 2. The quantitative estimate of drug-likeness (QED) is 0.753. The van der Waals surface area contributed by atoms with Crippen LogP contribution >= 0.6 is 0 Å². The Morgan fingerprint density at radius 3 is 2.65 bits per heavy atom. The van der Waals surface area contributed by atoms with Gasteiger partial charge in [-0.3, -0.25) is 4.79 Å².